The summed E-state index contributed by atoms with van der Waals surface area (Å²) in [5.41, 5.74) is 3.68. The molecule has 1 aromatic heterocycles. The molecule has 4 heteroatoms. The number of halogens is 2. The molecule has 2 aliphatic carbocycles. The molecule has 0 unspecified atom stereocenters. The molecule has 0 radical (unpaired) electrons. The van der Waals surface area contributed by atoms with E-state index < -0.39 is 0 Å². The molecule has 0 amide bonds. The highest BCUT2D eigenvalue weighted by molar-refractivity contribution is 6.35. The van der Waals surface area contributed by atoms with Gasteiger partial charge in [0.05, 0.1) is 22.6 Å². The van der Waals surface area contributed by atoms with Gasteiger partial charge in [-0.3, -0.25) is 0 Å². The summed E-state index contributed by atoms with van der Waals surface area (Å²) in [5.74, 6) is 1.57. The van der Waals surface area contributed by atoms with Crippen molar-refractivity contribution in [1.82, 2.24) is 9.78 Å². The zero-order valence-corrected chi connectivity index (χ0v) is 10.5. The quantitative estimate of drug-likeness (QED) is 0.766. The molecule has 0 saturated heterocycles. The summed E-state index contributed by atoms with van der Waals surface area (Å²) in [4.78, 5) is 0. The Labute approximate surface area is 109 Å². The van der Waals surface area contributed by atoms with E-state index >= 15 is 0 Å². The number of hydrogen-bond acceptors (Lipinski definition) is 1. The number of nitrogens with zero attached hydrogens (tertiary/aromatic N) is 2. The minimum absolute atomic E-state index is 0.659. The number of hydrogen-bond donors (Lipinski definition) is 0. The van der Waals surface area contributed by atoms with Gasteiger partial charge in [-0.05, 0) is 42.5 Å². The Morgan fingerprint density at radius 1 is 1.29 bits per heavy atom. The van der Waals surface area contributed by atoms with Gasteiger partial charge in [-0.2, -0.15) is 5.10 Å². The Bertz CT molecular complexity index is 618. The van der Waals surface area contributed by atoms with E-state index in [4.69, 9.17) is 23.2 Å². The van der Waals surface area contributed by atoms with E-state index in [9.17, 15) is 0 Å². The minimum atomic E-state index is 0.659. The lowest BCUT2D eigenvalue weighted by Gasteiger charge is -2.08. The lowest BCUT2D eigenvalue weighted by atomic mass is 10.2. The molecular weight excluding hydrogens is 255 g/mol. The van der Waals surface area contributed by atoms with Gasteiger partial charge in [0.15, 0.2) is 0 Å². The number of benzene rings is 1. The van der Waals surface area contributed by atoms with Gasteiger partial charge in [0.1, 0.15) is 0 Å². The fourth-order valence-electron chi connectivity index (χ4n) is 2.88. The average molecular weight is 265 g/mol. The molecule has 0 bridgehead atoms. The molecule has 0 aliphatic heterocycles. The second kappa shape index (κ2) is 3.27. The summed E-state index contributed by atoms with van der Waals surface area (Å²) in [7, 11) is 0. The van der Waals surface area contributed by atoms with Gasteiger partial charge in [-0.25, -0.2) is 4.68 Å². The first kappa shape index (κ1) is 9.98. The SMILES string of the molecule is Clc1ccc(-n2ncc3c2[C@@H]2C[C@@H]2C3)c(Cl)c1. The summed E-state index contributed by atoms with van der Waals surface area (Å²) < 4.78 is 1.99. The van der Waals surface area contributed by atoms with Gasteiger partial charge in [-0.1, -0.05) is 23.2 Å². The fraction of sp³-hybridized carbons (Fsp3) is 0.308. The third-order valence-electron chi connectivity index (χ3n) is 3.78. The monoisotopic (exact) mass is 264 g/mol. The maximum absolute atomic E-state index is 6.24. The molecule has 0 N–H and O–H groups in total. The zero-order valence-electron chi connectivity index (χ0n) is 9.03. The number of rotatable bonds is 1. The van der Waals surface area contributed by atoms with Crippen molar-refractivity contribution < 1.29 is 0 Å². The molecule has 1 saturated carbocycles. The van der Waals surface area contributed by atoms with Crippen molar-refractivity contribution in [3.05, 3.63) is 45.7 Å². The Balaban J connectivity index is 1.90. The molecule has 1 aromatic carbocycles. The summed E-state index contributed by atoms with van der Waals surface area (Å²) in [6, 6.07) is 5.57. The molecule has 2 aliphatic rings. The van der Waals surface area contributed by atoms with Crippen molar-refractivity contribution >= 4 is 23.2 Å². The molecule has 2 atom stereocenters. The lowest BCUT2D eigenvalue weighted by molar-refractivity contribution is 0.788. The van der Waals surface area contributed by atoms with Crippen LogP contribution < -0.4 is 0 Å². The van der Waals surface area contributed by atoms with Crippen LogP contribution in [0.2, 0.25) is 10.0 Å². The first-order chi connectivity index (χ1) is 8.24. The van der Waals surface area contributed by atoms with E-state index in [0.29, 0.717) is 16.0 Å². The topological polar surface area (TPSA) is 17.8 Å². The molecule has 1 heterocycles. The van der Waals surface area contributed by atoms with Crippen LogP contribution in [0.1, 0.15) is 23.6 Å². The van der Waals surface area contributed by atoms with Crippen molar-refractivity contribution in [2.75, 3.05) is 0 Å². The van der Waals surface area contributed by atoms with Gasteiger partial charge in [0, 0.05) is 10.9 Å². The summed E-state index contributed by atoms with van der Waals surface area (Å²) in [5, 5.41) is 5.78. The van der Waals surface area contributed by atoms with Crippen LogP contribution in [0.25, 0.3) is 5.69 Å². The van der Waals surface area contributed by atoms with E-state index in [1.807, 2.05) is 23.0 Å². The van der Waals surface area contributed by atoms with Crippen LogP contribution in [0, 0.1) is 5.92 Å². The van der Waals surface area contributed by atoms with E-state index in [1.165, 1.54) is 24.1 Å². The van der Waals surface area contributed by atoms with Crippen LogP contribution in [-0.4, -0.2) is 9.78 Å². The maximum atomic E-state index is 6.24. The highest BCUT2D eigenvalue weighted by atomic mass is 35.5. The second-order valence-corrected chi connectivity index (χ2v) is 5.71. The lowest BCUT2D eigenvalue weighted by Crippen LogP contribution is -2.01. The molecule has 17 heavy (non-hydrogen) atoms. The first-order valence-electron chi connectivity index (χ1n) is 5.76. The Morgan fingerprint density at radius 3 is 3.00 bits per heavy atom. The van der Waals surface area contributed by atoms with Crippen LogP contribution in [0.15, 0.2) is 24.4 Å². The predicted octanol–water partition coefficient (Wildman–Crippen LogP) is 3.84. The van der Waals surface area contributed by atoms with Crippen molar-refractivity contribution in [3.8, 4) is 5.69 Å². The molecule has 2 aromatic rings. The van der Waals surface area contributed by atoms with Crippen molar-refractivity contribution in [2.24, 2.45) is 5.92 Å². The van der Waals surface area contributed by atoms with Gasteiger partial charge in [0.2, 0.25) is 0 Å². The Kier molecular flexibility index (Phi) is 1.92. The zero-order chi connectivity index (χ0) is 11.6. The third kappa shape index (κ3) is 1.37. The summed E-state index contributed by atoms with van der Waals surface area (Å²) in [6.45, 7) is 0. The molecule has 4 rings (SSSR count). The maximum Gasteiger partial charge on any atom is 0.0836 e. The molecule has 86 valence electrons. The second-order valence-electron chi connectivity index (χ2n) is 4.87. The van der Waals surface area contributed by atoms with Crippen LogP contribution in [0.5, 0.6) is 0 Å². The van der Waals surface area contributed by atoms with Crippen molar-refractivity contribution in [1.29, 1.82) is 0 Å². The van der Waals surface area contributed by atoms with Gasteiger partial charge in [-0.15, -0.1) is 0 Å². The van der Waals surface area contributed by atoms with Gasteiger partial charge < -0.3 is 0 Å². The molecule has 2 nitrogen and oxygen atoms in total. The normalized spacial score (nSPS) is 24.6. The first-order valence-corrected chi connectivity index (χ1v) is 6.52. The number of aromatic nitrogens is 2. The van der Waals surface area contributed by atoms with Crippen LogP contribution >= 0.6 is 23.2 Å². The summed E-state index contributed by atoms with van der Waals surface area (Å²) in [6.07, 6.45) is 4.47. The Hall–Kier alpha value is -0.990. The van der Waals surface area contributed by atoms with Crippen LogP contribution in [-0.2, 0) is 6.42 Å². The smallest absolute Gasteiger partial charge is 0.0836 e. The van der Waals surface area contributed by atoms with Gasteiger partial charge >= 0.3 is 0 Å². The highest BCUT2D eigenvalue weighted by Gasteiger charge is 2.48. The third-order valence-corrected chi connectivity index (χ3v) is 4.32. The highest BCUT2D eigenvalue weighted by Crippen LogP contribution is 2.56. The largest absolute Gasteiger partial charge is 0.236 e. The van der Waals surface area contributed by atoms with E-state index in [-0.39, 0.29) is 0 Å². The standard InChI is InChI=1S/C13H10Cl2N2/c14-9-1-2-12(11(15)5-9)17-13-8(6-16-17)3-7-4-10(7)13/h1-2,5-7,10H,3-4H2/t7-,10+/m0/s1. The van der Waals surface area contributed by atoms with E-state index in [0.717, 1.165) is 11.6 Å². The van der Waals surface area contributed by atoms with Crippen molar-refractivity contribution in [2.45, 2.75) is 18.8 Å². The van der Waals surface area contributed by atoms with E-state index in [1.54, 1.807) is 6.07 Å². The van der Waals surface area contributed by atoms with Crippen molar-refractivity contribution in [3.63, 3.8) is 0 Å². The molecular formula is C13H10Cl2N2. The summed E-state index contributed by atoms with van der Waals surface area (Å²) >= 11 is 12.2. The van der Waals surface area contributed by atoms with E-state index in [2.05, 4.69) is 5.10 Å². The van der Waals surface area contributed by atoms with Crippen LogP contribution in [0.4, 0.5) is 0 Å². The predicted molar refractivity (Wildman–Crippen MR) is 68.1 cm³/mol. The van der Waals surface area contributed by atoms with Crippen LogP contribution in [0.3, 0.4) is 0 Å². The molecule has 0 spiro atoms. The Morgan fingerprint density at radius 2 is 2.18 bits per heavy atom. The molecule has 1 fully saturated rings. The number of fused-ring (bicyclic) bond motifs is 3. The minimum Gasteiger partial charge on any atom is -0.236 e. The van der Waals surface area contributed by atoms with Gasteiger partial charge in [0.25, 0.3) is 0 Å². The fourth-order valence-corrected chi connectivity index (χ4v) is 3.37. The average Bonchev–Trinajstić information content (AvgIpc) is 2.78.